The van der Waals surface area contributed by atoms with Crippen LogP contribution in [-0.2, 0) is 16.9 Å². The van der Waals surface area contributed by atoms with E-state index < -0.39 is 5.54 Å². The molecule has 1 atom stereocenters. The van der Waals surface area contributed by atoms with Gasteiger partial charge in [0.25, 0.3) is 5.91 Å². The van der Waals surface area contributed by atoms with Crippen LogP contribution in [0.25, 0.3) is 0 Å². The fourth-order valence-electron chi connectivity index (χ4n) is 6.48. The monoisotopic (exact) mass is 567 g/mol. The minimum absolute atomic E-state index is 0.0393. The van der Waals surface area contributed by atoms with Crippen molar-refractivity contribution < 1.29 is 23.9 Å². The maximum absolute atomic E-state index is 13.4. The number of carbonyl (C=O) groups excluding carboxylic acids is 3. The number of nitrogens with one attached hydrogen (secondary N) is 1. The van der Waals surface area contributed by atoms with Crippen LogP contribution in [0.1, 0.15) is 57.5 Å². The molecule has 8 nitrogen and oxygen atoms in total. The predicted molar refractivity (Wildman–Crippen MR) is 158 cm³/mol. The van der Waals surface area contributed by atoms with E-state index in [1.807, 2.05) is 47.4 Å². The summed E-state index contributed by atoms with van der Waals surface area (Å²) in [6.45, 7) is 4.41. The number of fused-ring (bicyclic) bond motifs is 3. The van der Waals surface area contributed by atoms with Gasteiger partial charge in [-0.1, -0.05) is 54.6 Å². The molecule has 4 heterocycles. The van der Waals surface area contributed by atoms with Crippen molar-refractivity contribution in [2.45, 2.75) is 43.9 Å². The van der Waals surface area contributed by atoms with Gasteiger partial charge in [-0.3, -0.25) is 14.5 Å². The highest BCUT2D eigenvalue weighted by Gasteiger charge is 2.41. The summed E-state index contributed by atoms with van der Waals surface area (Å²) in [5, 5.41) is 3.24. The molecule has 2 bridgehead atoms. The van der Waals surface area contributed by atoms with Crippen molar-refractivity contribution in [2.75, 3.05) is 32.7 Å². The van der Waals surface area contributed by atoms with Gasteiger partial charge in [0.05, 0.1) is 5.54 Å². The number of hydrogen-bond donors (Lipinski definition) is 1. The Morgan fingerprint density at radius 1 is 0.881 bits per heavy atom. The van der Waals surface area contributed by atoms with E-state index in [4.69, 9.17) is 9.47 Å². The summed E-state index contributed by atoms with van der Waals surface area (Å²) in [4.78, 5) is 41.7. The molecule has 4 aliphatic heterocycles. The number of carbonyl (C=O) groups is 3. The molecular formula is C34H37N3O5. The maximum Gasteiger partial charge on any atom is 0.408 e. The van der Waals surface area contributed by atoms with Crippen molar-refractivity contribution >= 4 is 18.3 Å². The molecule has 8 heteroatoms. The number of aldehydes is 1. The van der Waals surface area contributed by atoms with Gasteiger partial charge in [0, 0.05) is 30.8 Å². The predicted octanol–water partition coefficient (Wildman–Crippen LogP) is 5.03. The Balaban J connectivity index is 1.07. The molecule has 0 spiro atoms. The van der Waals surface area contributed by atoms with E-state index in [0.717, 1.165) is 49.9 Å². The fraction of sp³-hybridized carbons (Fsp3) is 0.382. The summed E-state index contributed by atoms with van der Waals surface area (Å²) < 4.78 is 11.9. The number of likely N-dealkylation sites (tertiary alicyclic amines) is 1. The highest BCUT2D eigenvalue weighted by Crippen LogP contribution is 2.35. The lowest BCUT2D eigenvalue weighted by Gasteiger charge is -2.45. The van der Waals surface area contributed by atoms with E-state index in [-0.39, 0.29) is 18.1 Å². The average Bonchev–Trinajstić information content (AvgIpc) is 3.05. The smallest absolute Gasteiger partial charge is 0.408 e. The summed E-state index contributed by atoms with van der Waals surface area (Å²) in [5.41, 5.74) is 2.62. The third-order valence-corrected chi connectivity index (χ3v) is 9.05. The van der Waals surface area contributed by atoms with Gasteiger partial charge in [-0.25, -0.2) is 4.79 Å². The van der Waals surface area contributed by atoms with Gasteiger partial charge in [-0.15, -0.1) is 0 Å². The first kappa shape index (κ1) is 28.0. The third kappa shape index (κ3) is 6.19. The van der Waals surface area contributed by atoms with Crippen molar-refractivity contribution in [3.8, 4) is 5.75 Å². The molecule has 7 rings (SSSR count). The molecule has 2 amide bonds. The molecule has 4 saturated heterocycles. The number of ether oxygens (including phenoxy) is 2. The Morgan fingerprint density at radius 2 is 1.57 bits per heavy atom. The molecule has 42 heavy (non-hydrogen) atoms. The van der Waals surface area contributed by atoms with E-state index in [1.165, 1.54) is 0 Å². The molecule has 0 unspecified atom stereocenters. The fourth-order valence-corrected chi connectivity index (χ4v) is 6.48. The van der Waals surface area contributed by atoms with Crippen LogP contribution in [0.5, 0.6) is 5.75 Å². The normalized spacial score (nSPS) is 22.7. The molecule has 0 saturated carbocycles. The molecule has 1 N–H and O–H groups in total. The zero-order valence-electron chi connectivity index (χ0n) is 23.7. The number of benzene rings is 3. The van der Waals surface area contributed by atoms with Gasteiger partial charge in [-0.2, -0.15) is 0 Å². The van der Waals surface area contributed by atoms with E-state index in [9.17, 15) is 14.4 Å². The van der Waals surface area contributed by atoms with Crippen LogP contribution in [0.4, 0.5) is 4.79 Å². The number of rotatable bonds is 8. The van der Waals surface area contributed by atoms with Gasteiger partial charge in [-0.05, 0) is 80.1 Å². The Kier molecular flexibility index (Phi) is 8.24. The van der Waals surface area contributed by atoms with Crippen molar-refractivity contribution in [1.82, 2.24) is 15.1 Å². The van der Waals surface area contributed by atoms with Crippen LogP contribution < -0.4 is 10.1 Å². The van der Waals surface area contributed by atoms with Crippen molar-refractivity contribution in [1.29, 1.82) is 0 Å². The lowest BCUT2D eigenvalue weighted by atomic mass is 9.80. The van der Waals surface area contributed by atoms with E-state index in [1.54, 1.807) is 36.4 Å². The third-order valence-electron chi connectivity index (χ3n) is 9.05. The zero-order valence-corrected chi connectivity index (χ0v) is 23.7. The van der Waals surface area contributed by atoms with E-state index >= 15 is 0 Å². The quantitative estimate of drug-likeness (QED) is 0.384. The molecule has 3 aromatic rings. The SMILES string of the molecule is O=Cc1ccc(COc2ccc(C(=O)N3CCC(NC(=O)O[C@H]4CN5CCC4CC5)(c4ccccc4)CC3)cc2)cc1. The Bertz CT molecular complexity index is 1380. The minimum atomic E-state index is -0.593. The lowest BCUT2D eigenvalue weighted by Crippen LogP contribution is -2.56. The second-order valence-electron chi connectivity index (χ2n) is 11.6. The summed E-state index contributed by atoms with van der Waals surface area (Å²) in [6, 6.07) is 24.4. The topological polar surface area (TPSA) is 88.2 Å². The largest absolute Gasteiger partial charge is 0.489 e. The standard InChI is InChI=1S/C34H37N3O5/c38-23-25-6-8-26(9-7-25)24-41-30-12-10-28(11-13-30)32(39)37-20-16-34(17-21-37,29-4-2-1-3-5-29)35-33(40)42-31-22-36-18-14-27(31)15-19-36/h1-13,23,27,31H,14-22,24H2,(H,35,40)/t31-/m0/s1. The number of nitrogens with zero attached hydrogens (tertiary/aromatic N) is 2. The summed E-state index contributed by atoms with van der Waals surface area (Å²) >= 11 is 0. The molecular weight excluding hydrogens is 530 g/mol. The molecule has 0 aromatic heterocycles. The molecule has 4 fully saturated rings. The zero-order chi connectivity index (χ0) is 28.9. The summed E-state index contributed by atoms with van der Waals surface area (Å²) in [6.07, 6.45) is 3.76. The lowest BCUT2D eigenvalue weighted by molar-refractivity contribution is -0.0366. The van der Waals surface area contributed by atoms with E-state index in [2.05, 4.69) is 10.2 Å². The highest BCUT2D eigenvalue weighted by molar-refractivity contribution is 5.94. The van der Waals surface area contributed by atoms with E-state index in [0.29, 0.717) is 55.3 Å². The first-order valence-corrected chi connectivity index (χ1v) is 14.8. The van der Waals surface area contributed by atoms with Crippen molar-refractivity contribution in [3.63, 3.8) is 0 Å². The second kappa shape index (κ2) is 12.4. The molecule has 0 radical (unpaired) electrons. The van der Waals surface area contributed by atoms with Crippen LogP contribution in [0.15, 0.2) is 78.9 Å². The molecule has 218 valence electrons. The van der Waals surface area contributed by atoms with Gasteiger partial charge >= 0.3 is 6.09 Å². The minimum Gasteiger partial charge on any atom is -0.489 e. The molecule has 3 aromatic carbocycles. The van der Waals surface area contributed by atoms with Crippen LogP contribution in [0.3, 0.4) is 0 Å². The van der Waals surface area contributed by atoms with Crippen LogP contribution in [0.2, 0.25) is 0 Å². The summed E-state index contributed by atoms with van der Waals surface area (Å²) in [5.74, 6) is 1.07. The van der Waals surface area contributed by atoms with Gasteiger partial charge in [0.15, 0.2) is 0 Å². The Morgan fingerprint density at radius 3 is 2.19 bits per heavy atom. The second-order valence-corrected chi connectivity index (χ2v) is 11.6. The van der Waals surface area contributed by atoms with Gasteiger partial charge < -0.3 is 19.7 Å². The highest BCUT2D eigenvalue weighted by atomic mass is 16.6. The first-order valence-electron chi connectivity index (χ1n) is 14.8. The Labute approximate surface area is 246 Å². The number of hydrogen-bond acceptors (Lipinski definition) is 6. The number of alkyl carbamates (subject to hydrolysis) is 1. The summed E-state index contributed by atoms with van der Waals surface area (Å²) in [7, 11) is 0. The van der Waals surface area contributed by atoms with Gasteiger partial charge in [0.1, 0.15) is 24.7 Å². The maximum atomic E-state index is 13.4. The van der Waals surface area contributed by atoms with Crippen molar-refractivity contribution in [3.05, 3.63) is 101 Å². The van der Waals surface area contributed by atoms with Crippen LogP contribution >= 0.6 is 0 Å². The van der Waals surface area contributed by atoms with Crippen LogP contribution in [-0.4, -0.2) is 66.9 Å². The van der Waals surface area contributed by atoms with Crippen molar-refractivity contribution in [2.24, 2.45) is 5.92 Å². The Hall–Kier alpha value is -4.17. The van der Waals surface area contributed by atoms with Gasteiger partial charge in [0.2, 0.25) is 0 Å². The van der Waals surface area contributed by atoms with Crippen LogP contribution in [0, 0.1) is 5.92 Å². The average molecular weight is 568 g/mol. The molecule has 4 aliphatic rings. The molecule has 0 aliphatic carbocycles. The number of piperidine rings is 4. The number of amides is 2. The first-order chi connectivity index (χ1) is 20.5.